The smallest absolute Gasteiger partial charge is 0.0541 e. The highest BCUT2D eigenvalue weighted by molar-refractivity contribution is 8.15. The second-order valence-corrected chi connectivity index (χ2v) is 10.3. The minimum Gasteiger partial charge on any atom is -0.324 e. The van der Waals surface area contributed by atoms with E-state index in [4.69, 9.17) is 11.7 Å². The minimum absolute atomic E-state index is 0.0668. The van der Waals surface area contributed by atoms with Crippen LogP contribution in [0.5, 0.6) is 0 Å². The molecule has 5 heteroatoms. The normalized spacial score (nSPS) is 18.1. The number of piperidine rings is 1. The summed E-state index contributed by atoms with van der Waals surface area (Å²) in [6, 6.07) is 20.1. The second kappa shape index (κ2) is 12.2. The zero-order valence-corrected chi connectivity index (χ0v) is 20.6. The van der Waals surface area contributed by atoms with Crippen LogP contribution >= 0.6 is 10.7 Å². The van der Waals surface area contributed by atoms with Crippen molar-refractivity contribution in [3.8, 4) is 0 Å². The Morgan fingerprint density at radius 3 is 2.19 bits per heavy atom. The monoisotopic (exact) mass is 452 g/mol. The van der Waals surface area contributed by atoms with Crippen molar-refractivity contribution in [1.29, 1.82) is 0 Å². The van der Waals surface area contributed by atoms with E-state index >= 15 is 0 Å². The zero-order valence-electron chi connectivity index (χ0n) is 19.8. The molecule has 1 atom stereocenters. The van der Waals surface area contributed by atoms with Gasteiger partial charge in [0.05, 0.1) is 6.54 Å². The van der Waals surface area contributed by atoms with E-state index in [1.807, 2.05) is 13.8 Å². The molecule has 0 spiro atoms. The highest BCUT2D eigenvalue weighted by Gasteiger charge is 2.30. The number of nitrogens with two attached hydrogens (primary N) is 1. The SMILES string of the molecule is C=C(NN)c1ccc(CN(c2ccccc2)S(=C)C2CCN(C3CCC3)CC2)cc1.CC. The van der Waals surface area contributed by atoms with Crippen LogP contribution in [-0.4, -0.2) is 35.2 Å². The van der Waals surface area contributed by atoms with E-state index in [1.54, 1.807) is 0 Å². The second-order valence-electron chi connectivity index (χ2n) is 8.41. The Morgan fingerprint density at radius 1 is 1.03 bits per heavy atom. The van der Waals surface area contributed by atoms with Gasteiger partial charge in [0.1, 0.15) is 0 Å². The van der Waals surface area contributed by atoms with Gasteiger partial charge in [0.25, 0.3) is 0 Å². The van der Waals surface area contributed by atoms with Crippen LogP contribution in [-0.2, 0) is 6.54 Å². The molecule has 174 valence electrons. The lowest BCUT2D eigenvalue weighted by Crippen LogP contribution is -2.46. The first-order chi connectivity index (χ1) is 15.7. The number of rotatable bonds is 8. The van der Waals surface area contributed by atoms with Crippen LogP contribution in [0.4, 0.5) is 5.69 Å². The average Bonchev–Trinajstić information content (AvgIpc) is 2.83. The van der Waals surface area contributed by atoms with Gasteiger partial charge >= 0.3 is 0 Å². The molecular weight excluding hydrogens is 412 g/mol. The van der Waals surface area contributed by atoms with Gasteiger partial charge in [-0.25, -0.2) is 0 Å². The summed E-state index contributed by atoms with van der Waals surface area (Å²) in [5.41, 5.74) is 6.92. The lowest BCUT2D eigenvalue weighted by atomic mass is 9.90. The van der Waals surface area contributed by atoms with Crippen LogP contribution in [0.1, 0.15) is 57.1 Å². The Labute approximate surface area is 197 Å². The summed E-state index contributed by atoms with van der Waals surface area (Å²) < 4.78 is 2.51. The summed E-state index contributed by atoms with van der Waals surface area (Å²) in [6.07, 6.45) is 6.73. The first kappa shape index (κ1) is 24.6. The topological polar surface area (TPSA) is 44.5 Å². The van der Waals surface area contributed by atoms with Gasteiger partial charge in [-0.1, -0.05) is 85.9 Å². The Morgan fingerprint density at radius 2 is 1.66 bits per heavy atom. The van der Waals surface area contributed by atoms with Crippen LogP contribution in [0.25, 0.3) is 5.70 Å². The fourth-order valence-corrected chi connectivity index (χ4v) is 6.23. The predicted octanol–water partition coefficient (Wildman–Crippen LogP) is 5.79. The van der Waals surface area contributed by atoms with Crippen LogP contribution < -0.4 is 15.6 Å². The summed E-state index contributed by atoms with van der Waals surface area (Å²) in [5.74, 6) is 10.2. The first-order valence-electron chi connectivity index (χ1n) is 12.0. The van der Waals surface area contributed by atoms with E-state index in [0.29, 0.717) is 5.25 Å². The van der Waals surface area contributed by atoms with Crippen LogP contribution in [0.2, 0.25) is 0 Å². The lowest BCUT2D eigenvalue weighted by molar-refractivity contribution is 0.107. The Kier molecular flexibility index (Phi) is 9.39. The number of hydrogen-bond acceptors (Lipinski definition) is 4. The molecular formula is C27H40N4S. The molecule has 2 aromatic rings. The number of anilines is 1. The molecule has 3 N–H and O–H groups in total. The van der Waals surface area contributed by atoms with Crippen LogP contribution in [0.3, 0.4) is 0 Å². The largest absolute Gasteiger partial charge is 0.324 e. The van der Waals surface area contributed by atoms with Gasteiger partial charge < -0.3 is 14.6 Å². The number of likely N-dealkylation sites (tertiary alicyclic amines) is 1. The lowest BCUT2D eigenvalue weighted by Gasteiger charge is -2.43. The maximum absolute atomic E-state index is 5.49. The third kappa shape index (κ3) is 6.03. The van der Waals surface area contributed by atoms with Crippen molar-refractivity contribution in [2.45, 2.75) is 63.8 Å². The highest BCUT2D eigenvalue weighted by Crippen LogP contribution is 2.38. The van der Waals surface area contributed by atoms with Crippen LogP contribution in [0.15, 0.2) is 61.2 Å². The quantitative estimate of drug-likeness (QED) is 0.302. The molecule has 1 heterocycles. The molecule has 0 amide bonds. The Balaban J connectivity index is 0.00000141. The van der Waals surface area contributed by atoms with Gasteiger partial charge in [-0.2, -0.15) is 0 Å². The summed E-state index contributed by atoms with van der Waals surface area (Å²) in [7, 11) is -0.0668. The Bertz CT molecular complexity index is 853. The molecule has 1 saturated heterocycles. The fraction of sp³-hybridized carbons (Fsp3) is 0.444. The third-order valence-corrected chi connectivity index (χ3v) is 8.73. The summed E-state index contributed by atoms with van der Waals surface area (Å²) >= 11 is 0. The standard InChI is InChI=1S/C25H34N4S.C2H6/c1-20(27-26)22-13-11-21(12-14-22)19-29(24-7-4-3-5-8-24)30(2)25-15-17-28(18-16-25)23-9-6-10-23;1-2/h3-5,7-8,11-14,23,25,27H,1-2,6,9-10,15-19,26H2;1-2H3. The first-order valence-corrected chi connectivity index (χ1v) is 13.4. The van der Waals surface area contributed by atoms with Gasteiger partial charge in [-0.3, -0.25) is 5.84 Å². The Hall–Kier alpha value is -2.08. The molecule has 1 saturated carbocycles. The van der Waals surface area contributed by atoms with E-state index in [1.165, 1.54) is 56.4 Å². The van der Waals surface area contributed by atoms with E-state index in [-0.39, 0.29) is 10.7 Å². The molecule has 0 radical (unpaired) electrons. The molecule has 32 heavy (non-hydrogen) atoms. The van der Waals surface area contributed by atoms with Crippen LogP contribution in [0, 0.1) is 0 Å². The average molecular weight is 453 g/mol. The number of hydrogen-bond donors (Lipinski definition) is 2. The van der Waals surface area contributed by atoms with Crippen molar-refractivity contribution in [3.63, 3.8) is 0 Å². The van der Waals surface area contributed by atoms with Crippen molar-refractivity contribution in [3.05, 3.63) is 72.3 Å². The molecule has 4 nitrogen and oxygen atoms in total. The molecule has 0 aromatic heterocycles. The van der Waals surface area contributed by atoms with E-state index < -0.39 is 0 Å². The molecule has 1 aliphatic heterocycles. The number of benzene rings is 2. The molecule has 1 aliphatic carbocycles. The highest BCUT2D eigenvalue weighted by atomic mass is 32.2. The van der Waals surface area contributed by atoms with Gasteiger partial charge in [0, 0.05) is 22.7 Å². The molecule has 1 unspecified atom stereocenters. The van der Waals surface area contributed by atoms with Gasteiger partial charge in [-0.05, 0) is 62.0 Å². The molecule has 2 aliphatic rings. The predicted molar refractivity (Wildman–Crippen MR) is 144 cm³/mol. The summed E-state index contributed by atoms with van der Waals surface area (Å²) in [4.78, 5) is 2.72. The van der Waals surface area contributed by atoms with E-state index in [9.17, 15) is 0 Å². The van der Waals surface area contributed by atoms with Gasteiger partial charge in [0.15, 0.2) is 0 Å². The maximum atomic E-state index is 5.49. The number of nitrogens with zero attached hydrogens (tertiary/aromatic N) is 2. The third-order valence-electron chi connectivity index (χ3n) is 6.58. The number of hydrazine groups is 1. The van der Waals surface area contributed by atoms with Crippen molar-refractivity contribution < 1.29 is 0 Å². The van der Waals surface area contributed by atoms with Crippen molar-refractivity contribution in [1.82, 2.24) is 10.3 Å². The van der Waals surface area contributed by atoms with E-state index in [0.717, 1.165) is 23.8 Å². The summed E-state index contributed by atoms with van der Waals surface area (Å²) in [6.45, 7) is 11.3. The number of nitrogens with one attached hydrogen (secondary N) is 1. The van der Waals surface area contributed by atoms with Gasteiger partial charge in [-0.15, -0.1) is 0 Å². The summed E-state index contributed by atoms with van der Waals surface area (Å²) in [5, 5.41) is 0.655. The number of para-hydroxylation sites is 1. The van der Waals surface area contributed by atoms with E-state index in [2.05, 4.69) is 75.8 Å². The fourth-order valence-electron chi connectivity index (χ4n) is 4.41. The zero-order chi connectivity index (χ0) is 22.9. The van der Waals surface area contributed by atoms with Gasteiger partial charge in [0.2, 0.25) is 0 Å². The van der Waals surface area contributed by atoms with Crippen molar-refractivity contribution >= 4 is 27.9 Å². The van der Waals surface area contributed by atoms with Crippen molar-refractivity contribution in [2.75, 3.05) is 17.4 Å². The molecule has 2 fully saturated rings. The molecule has 2 aromatic carbocycles. The molecule has 0 bridgehead atoms. The van der Waals surface area contributed by atoms with Crippen molar-refractivity contribution in [2.24, 2.45) is 5.84 Å². The minimum atomic E-state index is -0.0668. The molecule has 4 rings (SSSR count). The maximum Gasteiger partial charge on any atom is 0.0541 e.